The lowest BCUT2D eigenvalue weighted by Gasteiger charge is -2.12. The predicted octanol–water partition coefficient (Wildman–Crippen LogP) is 2.82. The van der Waals surface area contributed by atoms with Crippen LogP contribution in [0.25, 0.3) is 0 Å². The monoisotopic (exact) mass is 280 g/mol. The Labute approximate surface area is 114 Å². The summed E-state index contributed by atoms with van der Waals surface area (Å²) in [5.74, 6) is 0. The molecule has 2 N–H and O–H groups in total. The first kappa shape index (κ1) is 13.5. The molecule has 2 aromatic rings. The van der Waals surface area contributed by atoms with Crippen molar-refractivity contribution in [1.82, 2.24) is 15.5 Å². The number of nitrogens with one attached hydrogen (secondary N) is 2. The summed E-state index contributed by atoms with van der Waals surface area (Å²) in [6, 6.07) is 4.50. The number of rotatable bonds is 5. The summed E-state index contributed by atoms with van der Waals surface area (Å²) in [5, 5.41) is 21.1. The van der Waals surface area contributed by atoms with Crippen molar-refractivity contribution < 1.29 is 4.92 Å². The van der Waals surface area contributed by atoms with Gasteiger partial charge in [-0.1, -0.05) is 11.6 Å². The van der Waals surface area contributed by atoms with Gasteiger partial charge in [-0.2, -0.15) is 5.10 Å². The Morgan fingerprint density at radius 3 is 3.00 bits per heavy atom. The van der Waals surface area contributed by atoms with Gasteiger partial charge in [-0.25, -0.2) is 0 Å². The third kappa shape index (κ3) is 3.30. The maximum Gasteiger partial charge on any atom is 0.269 e. The van der Waals surface area contributed by atoms with Gasteiger partial charge in [0.25, 0.3) is 5.69 Å². The van der Waals surface area contributed by atoms with Crippen LogP contribution in [-0.4, -0.2) is 15.1 Å². The average molecular weight is 281 g/mol. The molecule has 0 saturated carbocycles. The number of non-ortho nitro benzene ring substituents is 1. The highest BCUT2D eigenvalue weighted by Gasteiger charge is 2.11. The number of halogens is 1. The number of nitrogens with zero attached hydrogens (tertiary/aromatic N) is 2. The number of nitro groups is 1. The summed E-state index contributed by atoms with van der Waals surface area (Å²) in [5.41, 5.74) is 1.75. The number of hydrogen-bond donors (Lipinski definition) is 2. The molecule has 0 aliphatic rings. The zero-order valence-corrected chi connectivity index (χ0v) is 11.0. The molecule has 1 aromatic heterocycles. The van der Waals surface area contributed by atoms with Crippen molar-refractivity contribution in [3.63, 3.8) is 0 Å². The maximum atomic E-state index is 10.7. The summed E-state index contributed by atoms with van der Waals surface area (Å²) >= 11 is 6.03. The fraction of sp³-hybridized carbons (Fsp3) is 0.250. The highest BCUT2D eigenvalue weighted by molar-refractivity contribution is 6.31. The standard InChI is InChI=1S/C12H13ClN4O2/c1-8(10-6-15-16-7-10)14-5-9-4-11(17(18)19)2-3-12(9)13/h2-4,6-8,14H,5H2,1H3,(H,15,16). The van der Waals surface area contributed by atoms with Gasteiger partial charge in [0, 0.05) is 41.5 Å². The van der Waals surface area contributed by atoms with E-state index < -0.39 is 4.92 Å². The molecule has 1 unspecified atom stereocenters. The van der Waals surface area contributed by atoms with Crippen LogP contribution in [0.1, 0.15) is 24.1 Å². The molecule has 100 valence electrons. The van der Waals surface area contributed by atoms with E-state index in [9.17, 15) is 10.1 Å². The highest BCUT2D eigenvalue weighted by atomic mass is 35.5. The highest BCUT2D eigenvalue weighted by Crippen LogP contribution is 2.22. The Morgan fingerprint density at radius 2 is 2.37 bits per heavy atom. The maximum absolute atomic E-state index is 10.7. The van der Waals surface area contributed by atoms with Crippen LogP contribution in [0.2, 0.25) is 5.02 Å². The van der Waals surface area contributed by atoms with E-state index in [2.05, 4.69) is 15.5 Å². The molecule has 0 saturated heterocycles. The molecule has 0 bridgehead atoms. The Kier molecular flexibility index (Phi) is 4.13. The normalized spacial score (nSPS) is 12.3. The molecule has 1 aromatic carbocycles. The molecule has 0 spiro atoms. The van der Waals surface area contributed by atoms with Gasteiger partial charge in [-0.3, -0.25) is 15.2 Å². The van der Waals surface area contributed by atoms with Crippen LogP contribution >= 0.6 is 11.6 Å². The van der Waals surface area contributed by atoms with Crippen molar-refractivity contribution in [2.45, 2.75) is 19.5 Å². The van der Waals surface area contributed by atoms with Crippen molar-refractivity contribution in [2.24, 2.45) is 0 Å². The fourth-order valence-corrected chi connectivity index (χ4v) is 1.87. The van der Waals surface area contributed by atoms with E-state index >= 15 is 0 Å². The topological polar surface area (TPSA) is 83.8 Å². The lowest BCUT2D eigenvalue weighted by molar-refractivity contribution is -0.384. The Hall–Kier alpha value is -1.92. The minimum atomic E-state index is -0.431. The Bertz CT molecular complexity index is 571. The van der Waals surface area contributed by atoms with E-state index in [4.69, 9.17) is 11.6 Å². The minimum absolute atomic E-state index is 0.0390. The third-order valence-corrected chi connectivity index (χ3v) is 3.23. The van der Waals surface area contributed by atoms with Crippen LogP contribution in [0.5, 0.6) is 0 Å². The predicted molar refractivity (Wildman–Crippen MR) is 71.9 cm³/mol. The van der Waals surface area contributed by atoms with Gasteiger partial charge in [-0.15, -0.1) is 0 Å². The van der Waals surface area contributed by atoms with Crippen LogP contribution in [0, 0.1) is 10.1 Å². The van der Waals surface area contributed by atoms with E-state index in [0.717, 1.165) is 5.56 Å². The quantitative estimate of drug-likeness (QED) is 0.651. The van der Waals surface area contributed by atoms with E-state index in [1.54, 1.807) is 18.5 Å². The van der Waals surface area contributed by atoms with Gasteiger partial charge in [-0.05, 0) is 18.6 Å². The number of nitro benzene ring substituents is 1. The van der Waals surface area contributed by atoms with Crippen molar-refractivity contribution in [2.75, 3.05) is 0 Å². The minimum Gasteiger partial charge on any atom is -0.306 e. The number of aromatic nitrogens is 2. The molecule has 0 fully saturated rings. The van der Waals surface area contributed by atoms with Crippen LogP contribution in [0.15, 0.2) is 30.6 Å². The van der Waals surface area contributed by atoms with Gasteiger partial charge in [0.15, 0.2) is 0 Å². The first-order valence-corrected chi connectivity index (χ1v) is 6.10. The van der Waals surface area contributed by atoms with Crippen molar-refractivity contribution in [3.8, 4) is 0 Å². The van der Waals surface area contributed by atoms with E-state index in [1.165, 1.54) is 12.1 Å². The van der Waals surface area contributed by atoms with Gasteiger partial charge >= 0.3 is 0 Å². The zero-order chi connectivity index (χ0) is 13.8. The summed E-state index contributed by atoms with van der Waals surface area (Å²) in [7, 11) is 0. The van der Waals surface area contributed by atoms with Crippen LogP contribution in [0.3, 0.4) is 0 Å². The molecule has 6 nitrogen and oxygen atoms in total. The summed E-state index contributed by atoms with van der Waals surface area (Å²) in [6.07, 6.45) is 3.53. The van der Waals surface area contributed by atoms with Crippen molar-refractivity contribution in [1.29, 1.82) is 0 Å². The molecule has 0 aliphatic heterocycles. The average Bonchev–Trinajstić information content (AvgIpc) is 2.91. The lowest BCUT2D eigenvalue weighted by atomic mass is 10.1. The second kappa shape index (κ2) is 5.81. The number of aromatic amines is 1. The second-order valence-corrected chi connectivity index (χ2v) is 4.57. The fourth-order valence-electron chi connectivity index (χ4n) is 1.69. The Balaban J connectivity index is 2.06. The molecule has 1 atom stereocenters. The number of H-pyrrole nitrogens is 1. The van der Waals surface area contributed by atoms with Crippen LogP contribution < -0.4 is 5.32 Å². The van der Waals surface area contributed by atoms with Crippen LogP contribution in [-0.2, 0) is 6.54 Å². The molecular formula is C12H13ClN4O2. The summed E-state index contributed by atoms with van der Waals surface area (Å²) < 4.78 is 0. The van der Waals surface area contributed by atoms with Gasteiger partial charge in [0.05, 0.1) is 11.1 Å². The van der Waals surface area contributed by atoms with Crippen LogP contribution in [0.4, 0.5) is 5.69 Å². The van der Waals surface area contributed by atoms with E-state index in [0.29, 0.717) is 17.1 Å². The summed E-state index contributed by atoms with van der Waals surface area (Å²) in [4.78, 5) is 10.3. The third-order valence-electron chi connectivity index (χ3n) is 2.86. The smallest absolute Gasteiger partial charge is 0.269 e. The molecule has 0 amide bonds. The molecule has 19 heavy (non-hydrogen) atoms. The largest absolute Gasteiger partial charge is 0.306 e. The number of benzene rings is 1. The zero-order valence-electron chi connectivity index (χ0n) is 10.3. The molecule has 2 rings (SSSR count). The molecule has 0 radical (unpaired) electrons. The van der Waals surface area contributed by atoms with Crippen molar-refractivity contribution >= 4 is 17.3 Å². The first-order valence-electron chi connectivity index (χ1n) is 5.73. The van der Waals surface area contributed by atoms with E-state index in [-0.39, 0.29) is 11.7 Å². The molecular weight excluding hydrogens is 268 g/mol. The van der Waals surface area contributed by atoms with Gasteiger partial charge in [0.2, 0.25) is 0 Å². The van der Waals surface area contributed by atoms with Crippen molar-refractivity contribution in [3.05, 3.63) is 56.9 Å². The molecule has 0 aliphatic carbocycles. The Morgan fingerprint density at radius 1 is 1.58 bits per heavy atom. The van der Waals surface area contributed by atoms with Gasteiger partial charge in [0.1, 0.15) is 0 Å². The lowest BCUT2D eigenvalue weighted by Crippen LogP contribution is -2.18. The summed E-state index contributed by atoms with van der Waals surface area (Å²) in [6.45, 7) is 2.43. The molecule has 1 heterocycles. The first-order chi connectivity index (χ1) is 9.08. The second-order valence-electron chi connectivity index (χ2n) is 4.17. The van der Waals surface area contributed by atoms with Gasteiger partial charge < -0.3 is 5.32 Å². The molecule has 7 heteroatoms. The SMILES string of the molecule is CC(NCc1cc([N+](=O)[O-])ccc1Cl)c1cn[nH]c1. The van der Waals surface area contributed by atoms with E-state index in [1.807, 2.05) is 6.92 Å². The number of hydrogen-bond acceptors (Lipinski definition) is 4.